The summed E-state index contributed by atoms with van der Waals surface area (Å²) >= 11 is 0. The van der Waals surface area contributed by atoms with E-state index in [1.54, 1.807) is 22.8 Å². The van der Waals surface area contributed by atoms with Crippen molar-refractivity contribution < 1.29 is 13.7 Å². The molecule has 3 heterocycles. The molecule has 1 fully saturated rings. The summed E-state index contributed by atoms with van der Waals surface area (Å²) in [5.41, 5.74) is 1.69. The monoisotopic (exact) mass is 349 g/mol. The minimum absolute atomic E-state index is 0.00534. The summed E-state index contributed by atoms with van der Waals surface area (Å²) in [4.78, 5) is 16.1. The topological polar surface area (TPSA) is 67.4 Å². The molecule has 136 valence electrons. The van der Waals surface area contributed by atoms with E-state index in [4.69, 9.17) is 4.52 Å². The Morgan fingerprint density at radius 3 is 2.96 bits per heavy atom. The molecule has 0 bridgehead atoms. The molecule has 0 radical (unpaired) electrons. The lowest BCUT2D eigenvalue weighted by Crippen LogP contribution is -2.41. The summed E-state index contributed by atoms with van der Waals surface area (Å²) in [6.07, 6.45) is 3.38. The molecular weight excluding hydrogens is 325 g/mol. The minimum atomic E-state index is -0.879. The number of likely N-dealkylation sites (N-methyl/N-ethyl adjacent to an activating group) is 1. The third-order valence-electron chi connectivity index (χ3n) is 4.54. The maximum absolute atomic E-state index is 13.9. The maximum atomic E-state index is 13.9. The van der Waals surface area contributed by atoms with E-state index >= 15 is 0 Å². The standard InChI is InChI=1S/C17H24FN5O2/c1-12-4-16(25-20-12)11-23-9-14(18)6-15(23)10-21(2)17(24)5-13-7-19-22(3)8-13/h4,7-8,14-15H,5-6,9-11H2,1-3H3/t14-,15-/m0/s1. The lowest BCUT2D eigenvalue weighted by atomic mass is 10.1. The Labute approximate surface area is 146 Å². The van der Waals surface area contributed by atoms with Crippen LogP contribution in [0.5, 0.6) is 0 Å². The van der Waals surface area contributed by atoms with E-state index in [9.17, 15) is 9.18 Å². The van der Waals surface area contributed by atoms with E-state index in [2.05, 4.69) is 10.3 Å². The first-order valence-corrected chi connectivity index (χ1v) is 8.42. The van der Waals surface area contributed by atoms with Crippen LogP contribution in [0.15, 0.2) is 23.0 Å². The molecule has 2 aromatic rings. The van der Waals surface area contributed by atoms with Gasteiger partial charge in [0.05, 0.1) is 24.9 Å². The van der Waals surface area contributed by atoms with Crippen LogP contribution < -0.4 is 0 Å². The number of aromatic nitrogens is 3. The second-order valence-corrected chi connectivity index (χ2v) is 6.82. The van der Waals surface area contributed by atoms with Crippen molar-refractivity contribution in [3.8, 4) is 0 Å². The smallest absolute Gasteiger partial charge is 0.226 e. The third kappa shape index (κ3) is 4.45. The number of carbonyl (C=O) groups is 1. The van der Waals surface area contributed by atoms with E-state index < -0.39 is 6.17 Å². The first-order valence-electron chi connectivity index (χ1n) is 8.42. The van der Waals surface area contributed by atoms with E-state index in [0.717, 1.165) is 17.0 Å². The molecule has 0 unspecified atom stereocenters. The van der Waals surface area contributed by atoms with E-state index in [1.807, 2.05) is 31.1 Å². The Morgan fingerprint density at radius 1 is 1.52 bits per heavy atom. The van der Waals surface area contributed by atoms with Gasteiger partial charge in [-0.25, -0.2) is 4.39 Å². The zero-order chi connectivity index (χ0) is 18.0. The Hall–Kier alpha value is -2.22. The molecule has 1 amide bonds. The highest BCUT2D eigenvalue weighted by molar-refractivity contribution is 5.78. The minimum Gasteiger partial charge on any atom is -0.360 e. The molecule has 1 aliphatic heterocycles. The number of likely N-dealkylation sites (tertiary alicyclic amines) is 1. The molecule has 3 rings (SSSR count). The first-order chi connectivity index (χ1) is 11.9. The van der Waals surface area contributed by atoms with Crippen molar-refractivity contribution in [1.29, 1.82) is 0 Å². The second kappa shape index (κ2) is 7.35. The van der Waals surface area contributed by atoms with Crippen LogP contribution in [0.1, 0.15) is 23.4 Å². The molecule has 0 N–H and O–H groups in total. The molecular formula is C17H24FN5O2. The number of amides is 1. The first kappa shape index (κ1) is 17.6. The van der Waals surface area contributed by atoms with Crippen molar-refractivity contribution in [3.63, 3.8) is 0 Å². The molecule has 8 heteroatoms. The Morgan fingerprint density at radius 2 is 2.32 bits per heavy atom. The van der Waals surface area contributed by atoms with Crippen LogP contribution in [0.3, 0.4) is 0 Å². The molecule has 0 saturated carbocycles. The predicted molar refractivity (Wildman–Crippen MR) is 89.5 cm³/mol. The average molecular weight is 349 g/mol. The summed E-state index contributed by atoms with van der Waals surface area (Å²) < 4.78 is 20.8. The van der Waals surface area contributed by atoms with Gasteiger partial charge in [-0.15, -0.1) is 0 Å². The number of hydrogen-bond acceptors (Lipinski definition) is 5. The highest BCUT2D eigenvalue weighted by atomic mass is 19.1. The van der Waals surface area contributed by atoms with E-state index in [1.165, 1.54) is 0 Å². The molecule has 2 aromatic heterocycles. The molecule has 1 saturated heterocycles. The number of nitrogens with zero attached hydrogens (tertiary/aromatic N) is 5. The van der Waals surface area contributed by atoms with E-state index in [0.29, 0.717) is 32.5 Å². The number of carbonyl (C=O) groups excluding carboxylic acids is 1. The highest BCUT2D eigenvalue weighted by Gasteiger charge is 2.34. The predicted octanol–water partition coefficient (Wildman–Crippen LogP) is 1.33. The summed E-state index contributed by atoms with van der Waals surface area (Å²) in [7, 11) is 3.59. The number of aryl methyl sites for hydroxylation is 2. The highest BCUT2D eigenvalue weighted by Crippen LogP contribution is 2.23. The Kier molecular flexibility index (Phi) is 5.17. The Balaban J connectivity index is 1.58. The third-order valence-corrected chi connectivity index (χ3v) is 4.54. The van der Waals surface area contributed by atoms with Gasteiger partial charge in [-0.1, -0.05) is 5.16 Å². The van der Waals surface area contributed by atoms with Gasteiger partial charge in [0.15, 0.2) is 5.76 Å². The molecule has 0 aliphatic carbocycles. The van der Waals surface area contributed by atoms with Crippen molar-refractivity contribution in [3.05, 3.63) is 35.5 Å². The SMILES string of the molecule is Cc1cc(CN2C[C@@H](F)C[C@H]2CN(C)C(=O)Cc2cnn(C)c2)on1. The van der Waals surface area contributed by atoms with Crippen LogP contribution in [0, 0.1) is 6.92 Å². The van der Waals surface area contributed by atoms with Gasteiger partial charge in [0.2, 0.25) is 5.91 Å². The number of alkyl halides is 1. The zero-order valence-corrected chi connectivity index (χ0v) is 14.9. The van der Waals surface area contributed by atoms with Gasteiger partial charge in [0.1, 0.15) is 6.17 Å². The van der Waals surface area contributed by atoms with Gasteiger partial charge in [-0.3, -0.25) is 14.4 Å². The van der Waals surface area contributed by atoms with Gasteiger partial charge >= 0.3 is 0 Å². The molecule has 7 nitrogen and oxygen atoms in total. The lowest BCUT2D eigenvalue weighted by molar-refractivity contribution is -0.129. The van der Waals surface area contributed by atoms with Crippen LogP contribution >= 0.6 is 0 Å². The Bertz CT molecular complexity index is 728. The summed E-state index contributed by atoms with van der Waals surface area (Å²) in [6.45, 7) is 3.22. The fourth-order valence-electron chi connectivity index (χ4n) is 3.29. The lowest BCUT2D eigenvalue weighted by Gasteiger charge is -2.27. The number of rotatable bonds is 6. The molecule has 25 heavy (non-hydrogen) atoms. The van der Waals surface area contributed by atoms with Crippen LogP contribution in [0.2, 0.25) is 0 Å². The largest absolute Gasteiger partial charge is 0.360 e. The average Bonchev–Trinajstić information content (AvgIpc) is 3.22. The molecule has 0 aromatic carbocycles. The van der Waals surface area contributed by atoms with Crippen molar-refractivity contribution >= 4 is 5.91 Å². The maximum Gasteiger partial charge on any atom is 0.226 e. The zero-order valence-electron chi connectivity index (χ0n) is 14.9. The van der Waals surface area contributed by atoms with Crippen LogP contribution in [-0.2, 0) is 24.8 Å². The summed E-state index contributed by atoms with van der Waals surface area (Å²) in [5, 5.41) is 7.95. The van der Waals surface area contributed by atoms with E-state index in [-0.39, 0.29) is 11.9 Å². The molecule has 1 aliphatic rings. The van der Waals surface area contributed by atoms with Crippen LogP contribution in [-0.4, -0.2) is 63.0 Å². The summed E-state index contributed by atoms with van der Waals surface area (Å²) in [5.74, 6) is 0.728. The normalized spacial score (nSPS) is 21.0. The molecule has 0 spiro atoms. The summed E-state index contributed by atoms with van der Waals surface area (Å²) in [6, 6.07) is 1.84. The van der Waals surface area contributed by atoms with Gasteiger partial charge < -0.3 is 9.42 Å². The quantitative estimate of drug-likeness (QED) is 0.787. The second-order valence-electron chi connectivity index (χ2n) is 6.82. The van der Waals surface area contributed by atoms with Gasteiger partial charge in [-0.2, -0.15) is 5.10 Å². The van der Waals surface area contributed by atoms with Gasteiger partial charge in [0, 0.05) is 45.5 Å². The fraction of sp³-hybridized carbons (Fsp3) is 0.588. The van der Waals surface area contributed by atoms with Crippen LogP contribution in [0.25, 0.3) is 0 Å². The fourth-order valence-corrected chi connectivity index (χ4v) is 3.29. The number of hydrogen-bond donors (Lipinski definition) is 0. The van der Waals surface area contributed by atoms with Gasteiger partial charge in [0.25, 0.3) is 0 Å². The van der Waals surface area contributed by atoms with Gasteiger partial charge in [-0.05, 0) is 18.9 Å². The van der Waals surface area contributed by atoms with Crippen molar-refractivity contribution in [2.24, 2.45) is 7.05 Å². The van der Waals surface area contributed by atoms with Crippen molar-refractivity contribution in [1.82, 2.24) is 24.7 Å². The van der Waals surface area contributed by atoms with Crippen molar-refractivity contribution in [2.45, 2.75) is 38.5 Å². The molecule has 2 atom stereocenters. The van der Waals surface area contributed by atoms with Crippen LogP contribution in [0.4, 0.5) is 4.39 Å². The van der Waals surface area contributed by atoms with Crippen molar-refractivity contribution in [2.75, 3.05) is 20.1 Å². The number of halogens is 1.